The molecule has 2 unspecified atom stereocenters. The molecule has 1 saturated heterocycles. The molecule has 0 amide bonds. The Morgan fingerprint density at radius 2 is 2.28 bits per heavy atom. The Labute approximate surface area is 111 Å². The van der Waals surface area contributed by atoms with Gasteiger partial charge in [0.15, 0.2) is 0 Å². The summed E-state index contributed by atoms with van der Waals surface area (Å²) in [7, 11) is 1.81. The SMILES string of the molecule is COC1(C)CCCN(CCC(CO)NC2CC2)C1. The van der Waals surface area contributed by atoms with Crippen molar-refractivity contribution in [3.8, 4) is 0 Å². The molecule has 0 bridgehead atoms. The standard InChI is InChI=1S/C14H28N2O2/c1-14(18-2)7-3-8-16(11-14)9-6-13(10-17)15-12-4-5-12/h12-13,15,17H,3-11H2,1-2H3. The molecule has 4 nitrogen and oxygen atoms in total. The van der Waals surface area contributed by atoms with E-state index in [1.807, 2.05) is 7.11 Å². The third-order valence-electron chi connectivity index (χ3n) is 4.29. The predicted octanol–water partition coefficient (Wildman–Crippen LogP) is 0.990. The van der Waals surface area contributed by atoms with Gasteiger partial charge in [0.25, 0.3) is 0 Å². The highest BCUT2D eigenvalue weighted by Gasteiger charge is 2.31. The molecule has 0 radical (unpaired) electrons. The maximum Gasteiger partial charge on any atom is 0.0777 e. The average molecular weight is 256 g/mol. The van der Waals surface area contributed by atoms with Crippen LogP contribution in [0, 0.1) is 0 Å². The fourth-order valence-corrected chi connectivity index (χ4v) is 2.81. The Morgan fingerprint density at radius 3 is 2.89 bits per heavy atom. The van der Waals surface area contributed by atoms with Gasteiger partial charge in [-0.25, -0.2) is 0 Å². The molecular formula is C14H28N2O2. The van der Waals surface area contributed by atoms with E-state index in [1.54, 1.807) is 0 Å². The first-order chi connectivity index (χ1) is 8.65. The zero-order valence-corrected chi connectivity index (χ0v) is 11.8. The van der Waals surface area contributed by atoms with Crippen LogP contribution in [0.2, 0.25) is 0 Å². The molecule has 0 aromatic heterocycles. The first-order valence-electron chi connectivity index (χ1n) is 7.29. The van der Waals surface area contributed by atoms with Crippen molar-refractivity contribution >= 4 is 0 Å². The molecule has 1 aliphatic heterocycles. The molecule has 1 saturated carbocycles. The summed E-state index contributed by atoms with van der Waals surface area (Å²) in [6, 6.07) is 0.945. The van der Waals surface area contributed by atoms with Crippen LogP contribution in [-0.4, -0.2) is 61.0 Å². The number of hydrogen-bond donors (Lipinski definition) is 2. The van der Waals surface area contributed by atoms with Gasteiger partial charge >= 0.3 is 0 Å². The molecule has 4 heteroatoms. The average Bonchev–Trinajstić information content (AvgIpc) is 3.18. The Hall–Kier alpha value is -0.160. The second-order valence-electron chi connectivity index (χ2n) is 6.14. The van der Waals surface area contributed by atoms with Gasteiger partial charge in [0.1, 0.15) is 0 Å². The first kappa shape index (κ1) is 14.3. The highest BCUT2D eigenvalue weighted by Crippen LogP contribution is 2.24. The van der Waals surface area contributed by atoms with E-state index in [2.05, 4.69) is 17.1 Å². The second kappa shape index (κ2) is 6.33. The van der Waals surface area contributed by atoms with Crippen LogP contribution < -0.4 is 5.32 Å². The van der Waals surface area contributed by atoms with Gasteiger partial charge in [0, 0.05) is 25.7 Å². The number of piperidine rings is 1. The summed E-state index contributed by atoms with van der Waals surface area (Å²) in [6.45, 7) is 5.70. The molecule has 1 aliphatic carbocycles. The number of likely N-dealkylation sites (tertiary alicyclic amines) is 1. The lowest BCUT2D eigenvalue weighted by atomic mass is 9.94. The molecule has 2 atom stereocenters. The van der Waals surface area contributed by atoms with Crippen LogP contribution in [0.15, 0.2) is 0 Å². The number of methoxy groups -OCH3 is 1. The van der Waals surface area contributed by atoms with Crippen molar-refractivity contribution < 1.29 is 9.84 Å². The molecule has 2 fully saturated rings. The lowest BCUT2D eigenvalue weighted by Crippen LogP contribution is -2.48. The predicted molar refractivity (Wildman–Crippen MR) is 72.7 cm³/mol. The maximum absolute atomic E-state index is 9.38. The third kappa shape index (κ3) is 4.19. The van der Waals surface area contributed by atoms with Crippen LogP contribution in [0.25, 0.3) is 0 Å². The minimum atomic E-state index is 0.0247. The van der Waals surface area contributed by atoms with E-state index in [0.29, 0.717) is 6.04 Å². The van der Waals surface area contributed by atoms with E-state index in [0.717, 1.165) is 25.9 Å². The van der Waals surface area contributed by atoms with E-state index in [1.165, 1.54) is 25.8 Å². The van der Waals surface area contributed by atoms with Gasteiger partial charge in [-0.3, -0.25) is 0 Å². The van der Waals surface area contributed by atoms with Crippen molar-refractivity contribution in [2.75, 3.05) is 33.4 Å². The van der Waals surface area contributed by atoms with Gasteiger partial charge in [-0.05, 0) is 52.1 Å². The topological polar surface area (TPSA) is 44.7 Å². The molecule has 1 heterocycles. The van der Waals surface area contributed by atoms with Gasteiger partial charge in [-0.1, -0.05) is 0 Å². The van der Waals surface area contributed by atoms with Crippen molar-refractivity contribution in [2.45, 2.75) is 56.7 Å². The van der Waals surface area contributed by atoms with Gasteiger partial charge < -0.3 is 20.1 Å². The van der Waals surface area contributed by atoms with Gasteiger partial charge in [-0.2, -0.15) is 0 Å². The smallest absolute Gasteiger partial charge is 0.0777 e. The molecule has 2 rings (SSSR count). The quantitative estimate of drug-likeness (QED) is 0.713. The van der Waals surface area contributed by atoms with Crippen LogP contribution in [0.1, 0.15) is 39.0 Å². The minimum absolute atomic E-state index is 0.0247. The molecule has 0 aromatic rings. The number of ether oxygens (including phenoxy) is 1. The van der Waals surface area contributed by atoms with Crippen LogP contribution in [0.4, 0.5) is 0 Å². The van der Waals surface area contributed by atoms with E-state index < -0.39 is 0 Å². The summed E-state index contributed by atoms with van der Waals surface area (Å²) in [6.07, 6.45) is 5.96. The number of aliphatic hydroxyl groups is 1. The number of aliphatic hydroxyl groups excluding tert-OH is 1. The van der Waals surface area contributed by atoms with Crippen LogP contribution in [-0.2, 0) is 4.74 Å². The summed E-state index contributed by atoms with van der Waals surface area (Å²) in [5.74, 6) is 0. The summed E-state index contributed by atoms with van der Waals surface area (Å²) >= 11 is 0. The van der Waals surface area contributed by atoms with Crippen molar-refractivity contribution in [1.82, 2.24) is 10.2 Å². The zero-order chi connectivity index (χ0) is 13.0. The Morgan fingerprint density at radius 1 is 1.50 bits per heavy atom. The molecule has 106 valence electrons. The van der Waals surface area contributed by atoms with Crippen molar-refractivity contribution in [3.05, 3.63) is 0 Å². The van der Waals surface area contributed by atoms with Crippen LogP contribution in [0.5, 0.6) is 0 Å². The Balaban J connectivity index is 1.71. The number of rotatable bonds is 7. The largest absolute Gasteiger partial charge is 0.395 e. The zero-order valence-electron chi connectivity index (χ0n) is 11.8. The van der Waals surface area contributed by atoms with Gasteiger partial charge in [0.05, 0.1) is 12.2 Å². The normalized spacial score (nSPS) is 31.5. The fourth-order valence-electron chi connectivity index (χ4n) is 2.81. The monoisotopic (exact) mass is 256 g/mol. The Bertz CT molecular complexity index is 258. The van der Waals surface area contributed by atoms with E-state index >= 15 is 0 Å². The number of nitrogens with one attached hydrogen (secondary N) is 1. The summed E-state index contributed by atoms with van der Waals surface area (Å²) in [5.41, 5.74) is 0.0247. The highest BCUT2D eigenvalue weighted by atomic mass is 16.5. The molecule has 18 heavy (non-hydrogen) atoms. The number of nitrogens with zero attached hydrogens (tertiary/aromatic N) is 1. The summed E-state index contributed by atoms with van der Waals surface area (Å²) in [4.78, 5) is 2.48. The lowest BCUT2D eigenvalue weighted by Gasteiger charge is -2.39. The summed E-state index contributed by atoms with van der Waals surface area (Å²) in [5, 5.41) is 12.9. The van der Waals surface area contributed by atoms with Crippen molar-refractivity contribution in [1.29, 1.82) is 0 Å². The lowest BCUT2D eigenvalue weighted by molar-refractivity contribution is -0.0514. The van der Waals surface area contributed by atoms with Crippen molar-refractivity contribution in [3.63, 3.8) is 0 Å². The van der Waals surface area contributed by atoms with Crippen molar-refractivity contribution in [2.24, 2.45) is 0 Å². The van der Waals surface area contributed by atoms with Crippen LogP contribution in [0.3, 0.4) is 0 Å². The molecular weight excluding hydrogens is 228 g/mol. The fraction of sp³-hybridized carbons (Fsp3) is 1.00. The maximum atomic E-state index is 9.38. The van der Waals surface area contributed by atoms with E-state index in [9.17, 15) is 5.11 Å². The van der Waals surface area contributed by atoms with Crippen LogP contribution >= 0.6 is 0 Å². The molecule has 2 N–H and O–H groups in total. The summed E-state index contributed by atoms with van der Waals surface area (Å²) < 4.78 is 5.61. The number of hydrogen-bond acceptors (Lipinski definition) is 4. The molecule has 0 aromatic carbocycles. The van der Waals surface area contributed by atoms with Gasteiger partial charge in [-0.15, -0.1) is 0 Å². The third-order valence-corrected chi connectivity index (χ3v) is 4.29. The molecule has 2 aliphatic rings. The van der Waals surface area contributed by atoms with E-state index in [-0.39, 0.29) is 18.2 Å². The van der Waals surface area contributed by atoms with E-state index in [4.69, 9.17) is 4.74 Å². The second-order valence-corrected chi connectivity index (χ2v) is 6.14. The van der Waals surface area contributed by atoms with Gasteiger partial charge in [0.2, 0.25) is 0 Å². The minimum Gasteiger partial charge on any atom is -0.395 e. The first-order valence-corrected chi connectivity index (χ1v) is 7.29. The highest BCUT2D eigenvalue weighted by molar-refractivity contribution is 4.87. The molecule has 0 spiro atoms. The Kier molecular flexibility index (Phi) is 5.01.